The van der Waals surface area contributed by atoms with Crippen LogP contribution in [0, 0.1) is 0 Å². The summed E-state index contributed by atoms with van der Waals surface area (Å²) in [7, 11) is 1.59. The Morgan fingerprint density at radius 1 is 1.22 bits per heavy atom. The maximum Gasteiger partial charge on any atom is 0.338 e. The van der Waals surface area contributed by atoms with Crippen LogP contribution in [-0.4, -0.2) is 28.7 Å². The van der Waals surface area contributed by atoms with E-state index in [1.165, 1.54) is 11.3 Å². The van der Waals surface area contributed by atoms with Gasteiger partial charge in [0.05, 0.1) is 35.1 Å². The number of ether oxygens (including phenoxy) is 2. The molecule has 0 spiro atoms. The van der Waals surface area contributed by atoms with Crippen molar-refractivity contribution in [2.75, 3.05) is 7.11 Å². The molecule has 0 amide bonds. The monoisotopic (exact) mass is 449 g/mol. The molecular formula is C24H23N3O4S. The lowest BCUT2D eigenvalue weighted by Gasteiger charge is -2.25. The van der Waals surface area contributed by atoms with Gasteiger partial charge in [-0.15, -0.1) is 0 Å². The molecule has 0 bridgehead atoms. The maximum atomic E-state index is 13.5. The highest BCUT2D eigenvalue weighted by atomic mass is 32.1. The number of rotatable bonds is 5. The van der Waals surface area contributed by atoms with Gasteiger partial charge in [0, 0.05) is 12.4 Å². The van der Waals surface area contributed by atoms with E-state index in [1.807, 2.05) is 36.4 Å². The van der Waals surface area contributed by atoms with Crippen LogP contribution in [0.2, 0.25) is 0 Å². The van der Waals surface area contributed by atoms with Crippen molar-refractivity contribution in [3.63, 3.8) is 0 Å². The van der Waals surface area contributed by atoms with Crippen LogP contribution in [0.4, 0.5) is 0 Å². The molecule has 1 atom stereocenters. The van der Waals surface area contributed by atoms with E-state index in [-0.39, 0.29) is 11.7 Å². The van der Waals surface area contributed by atoms with E-state index in [0.717, 1.165) is 11.1 Å². The molecule has 2 aromatic heterocycles. The van der Waals surface area contributed by atoms with Crippen molar-refractivity contribution in [1.29, 1.82) is 0 Å². The fourth-order valence-electron chi connectivity index (χ4n) is 3.57. The van der Waals surface area contributed by atoms with Crippen LogP contribution >= 0.6 is 11.3 Å². The van der Waals surface area contributed by atoms with Crippen molar-refractivity contribution in [2.24, 2.45) is 4.99 Å². The third-order valence-corrected chi connectivity index (χ3v) is 5.98. The molecule has 4 rings (SSSR count). The number of nitrogens with zero attached hydrogens (tertiary/aromatic N) is 3. The quantitative estimate of drug-likeness (QED) is 0.559. The fraction of sp³-hybridized carbons (Fsp3) is 0.250. The summed E-state index contributed by atoms with van der Waals surface area (Å²) in [5.74, 6) is 0.202. The number of hydrogen-bond donors (Lipinski definition) is 0. The minimum atomic E-state index is -0.653. The summed E-state index contributed by atoms with van der Waals surface area (Å²) in [4.78, 5) is 35.8. The average molecular weight is 450 g/mol. The number of esters is 1. The molecule has 3 aromatic rings. The highest BCUT2D eigenvalue weighted by Gasteiger charge is 2.33. The van der Waals surface area contributed by atoms with Crippen LogP contribution in [0.15, 0.2) is 69.8 Å². The fourth-order valence-corrected chi connectivity index (χ4v) is 4.62. The van der Waals surface area contributed by atoms with Gasteiger partial charge in [-0.25, -0.2) is 9.79 Å². The number of hydrogen-bond acceptors (Lipinski definition) is 7. The summed E-state index contributed by atoms with van der Waals surface area (Å²) in [6.45, 7) is 5.35. The molecular weight excluding hydrogens is 426 g/mol. The van der Waals surface area contributed by atoms with Crippen LogP contribution in [0.1, 0.15) is 37.9 Å². The number of methoxy groups -OCH3 is 1. The topological polar surface area (TPSA) is 82.8 Å². The van der Waals surface area contributed by atoms with Crippen LogP contribution in [-0.2, 0) is 9.53 Å². The van der Waals surface area contributed by atoms with Gasteiger partial charge in [-0.1, -0.05) is 29.5 Å². The highest BCUT2D eigenvalue weighted by Crippen LogP contribution is 2.31. The molecule has 0 N–H and O–H groups in total. The molecule has 0 aliphatic carbocycles. The maximum absolute atomic E-state index is 13.5. The zero-order valence-corrected chi connectivity index (χ0v) is 19.1. The number of thiazole rings is 1. The van der Waals surface area contributed by atoms with E-state index in [1.54, 1.807) is 50.9 Å². The Balaban J connectivity index is 1.94. The van der Waals surface area contributed by atoms with Crippen LogP contribution in [0.3, 0.4) is 0 Å². The Bertz CT molecular complexity index is 1350. The number of pyridine rings is 1. The Morgan fingerprint density at radius 2 is 1.97 bits per heavy atom. The SMILES string of the molecule is COc1ccc([C@H]2C(C(=O)OC(C)C)=C(C)N=c3s/c(=C/c4cccnc4)c(=O)n32)cc1. The molecule has 3 heterocycles. The van der Waals surface area contributed by atoms with Crippen molar-refractivity contribution in [3.05, 3.63) is 90.9 Å². The summed E-state index contributed by atoms with van der Waals surface area (Å²) in [6.07, 6.45) is 4.86. The minimum Gasteiger partial charge on any atom is -0.497 e. The molecule has 1 aromatic carbocycles. The zero-order valence-electron chi connectivity index (χ0n) is 18.2. The summed E-state index contributed by atoms with van der Waals surface area (Å²) < 4.78 is 12.9. The smallest absolute Gasteiger partial charge is 0.338 e. The van der Waals surface area contributed by atoms with E-state index in [9.17, 15) is 9.59 Å². The second-order valence-electron chi connectivity index (χ2n) is 7.60. The second-order valence-corrected chi connectivity index (χ2v) is 8.60. The van der Waals surface area contributed by atoms with Gasteiger partial charge in [-0.2, -0.15) is 0 Å². The molecule has 8 heteroatoms. The Labute approximate surface area is 189 Å². The highest BCUT2D eigenvalue weighted by molar-refractivity contribution is 7.07. The molecule has 0 saturated carbocycles. The molecule has 0 fully saturated rings. The molecule has 164 valence electrons. The van der Waals surface area contributed by atoms with Crippen molar-refractivity contribution in [1.82, 2.24) is 9.55 Å². The van der Waals surface area contributed by atoms with E-state index >= 15 is 0 Å². The first kappa shape index (κ1) is 21.7. The summed E-state index contributed by atoms with van der Waals surface area (Å²) in [5.41, 5.74) is 2.24. The lowest BCUT2D eigenvalue weighted by Crippen LogP contribution is -2.40. The van der Waals surface area contributed by atoms with E-state index in [2.05, 4.69) is 9.98 Å². The van der Waals surface area contributed by atoms with Crippen LogP contribution < -0.4 is 19.6 Å². The predicted molar refractivity (Wildman–Crippen MR) is 122 cm³/mol. The molecule has 0 radical (unpaired) electrons. The van der Waals surface area contributed by atoms with E-state index in [0.29, 0.717) is 26.4 Å². The zero-order chi connectivity index (χ0) is 22.8. The third-order valence-electron chi connectivity index (χ3n) is 5.00. The normalized spacial score (nSPS) is 16.0. The van der Waals surface area contributed by atoms with Gasteiger partial charge in [-0.05, 0) is 56.2 Å². The van der Waals surface area contributed by atoms with E-state index in [4.69, 9.17) is 9.47 Å². The first-order valence-electron chi connectivity index (χ1n) is 10.2. The van der Waals surface area contributed by atoms with Gasteiger partial charge in [0.15, 0.2) is 4.80 Å². The summed E-state index contributed by atoms with van der Waals surface area (Å²) in [6, 6.07) is 10.4. The average Bonchev–Trinajstić information content (AvgIpc) is 3.07. The first-order valence-corrected chi connectivity index (χ1v) is 11.0. The van der Waals surface area contributed by atoms with Gasteiger partial charge in [-0.3, -0.25) is 14.3 Å². The van der Waals surface area contributed by atoms with Gasteiger partial charge < -0.3 is 9.47 Å². The van der Waals surface area contributed by atoms with Crippen molar-refractivity contribution in [2.45, 2.75) is 32.9 Å². The Morgan fingerprint density at radius 3 is 2.59 bits per heavy atom. The van der Waals surface area contributed by atoms with Crippen LogP contribution in [0.25, 0.3) is 6.08 Å². The molecule has 1 aliphatic rings. The lowest BCUT2D eigenvalue weighted by atomic mass is 9.96. The first-order chi connectivity index (χ1) is 15.4. The number of benzene rings is 1. The third kappa shape index (κ3) is 4.13. The van der Waals surface area contributed by atoms with Gasteiger partial charge in [0.1, 0.15) is 5.75 Å². The van der Waals surface area contributed by atoms with Crippen molar-refractivity contribution < 1.29 is 14.3 Å². The van der Waals surface area contributed by atoms with Gasteiger partial charge in [0.2, 0.25) is 0 Å². The number of fused-ring (bicyclic) bond motifs is 1. The van der Waals surface area contributed by atoms with Crippen molar-refractivity contribution in [3.8, 4) is 5.75 Å². The molecule has 1 aliphatic heterocycles. The number of carbonyl (C=O) groups excluding carboxylic acids is 1. The van der Waals surface area contributed by atoms with Crippen LogP contribution in [0.5, 0.6) is 5.75 Å². The Kier molecular flexibility index (Phi) is 6.05. The van der Waals surface area contributed by atoms with E-state index < -0.39 is 12.0 Å². The lowest BCUT2D eigenvalue weighted by molar-refractivity contribution is -0.143. The molecule has 32 heavy (non-hydrogen) atoms. The molecule has 0 saturated heterocycles. The largest absolute Gasteiger partial charge is 0.497 e. The summed E-state index contributed by atoms with van der Waals surface area (Å²) >= 11 is 1.28. The number of allylic oxidation sites excluding steroid dienone is 1. The minimum absolute atomic E-state index is 0.222. The number of aromatic nitrogens is 2. The van der Waals surface area contributed by atoms with Gasteiger partial charge >= 0.3 is 5.97 Å². The molecule has 0 unspecified atom stereocenters. The second kappa shape index (κ2) is 8.92. The molecule has 7 nitrogen and oxygen atoms in total. The standard InChI is InChI=1S/C24H23N3O4S/c1-14(2)31-23(29)20-15(3)26-24-27(21(20)17-7-9-18(30-4)10-8-17)22(28)19(32-24)12-16-6-5-11-25-13-16/h5-14,21H,1-4H3/b19-12+/t21-/m0/s1. The predicted octanol–water partition coefficient (Wildman–Crippen LogP) is 2.59. The summed E-state index contributed by atoms with van der Waals surface area (Å²) in [5, 5.41) is 0. The number of carbonyl (C=O) groups is 1. The van der Waals surface area contributed by atoms with Gasteiger partial charge in [0.25, 0.3) is 5.56 Å². The Hall–Kier alpha value is -3.52. The van der Waals surface area contributed by atoms with Crippen molar-refractivity contribution >= 4 is 23.4 Å².